The zero-order chi connectivity index (χ0) is 17.9. The summed E-state index contributed by atoms with van der Waals surface area (Å²) in [5.41, 5.74) is 2.09. The number of nitrogens with one attached hydrogen (secondary N) is 2. The second kappa shape index (κ2) is 7.19. The zero-order valence-electron chi connectivity index (χ0n) is 15.2. The molecule has 26 heavy (non-hydrogen) atoms. The maximum atomic E-state index is 5.97. The van der Waals surface area contributed by atoms with Crippen molar-refractivity contribution < 1.29 is 4.42 Å². The summed E-state index contributed by atoms with van der Waals surface area (Å²) >= 11 is 0. The fraction of sp³-hybridized carbons (Fsp3) is 0.421. The first-order valence-electron chi connectivity index (χ1n) is 9.16. The fourth-order valence-electron chi connectivity index (χ4n) is 3.38. The Labute approximate surface area is 152 Å². The summed E-state index contributed by atoms with van der Waals surface area (Å²) in [6, 6.07) is 8.11. The Morgan fingerprint density at radius 3 is 3.00 bits per heavy atom. The smallest absolute Gasteiger partial charge is 0.192 e. The number of furan rings is 1. The van der Waals surface area contributed by atoms with Gasteiger partial charge < -0.3 is 19.6 Å². The van der Waals surface area contributed by atoms with Gasteiger partial charge in [0.1, 0.15) is 23.7 Å². The van der Waals surface area contributed by atoms with Crippen LogP contribution in [-0.2, 0) is 26.1 Å². The van der Waals surface area contributed by atoms with E-state index in [0.29, 0.717) is 13.1 Å². The second-order valence-electron chi connectivity index (χ2n) is 6.48. The molecule has 1 aliphatic heterocycles. The minimum atomic E-state index is 0.515. The Balaban J connectivity index is 1.46. The van der Waals surface area contributed by atoms with Crippen molar-refractivity contribution in [3.63, 3.8) is 0 Å². The van der Waals surface area contributed by atoms with Crippen LogP contribution < -0.4 is 10.6 Å². The molecular formula is C19H24N6O. The van der Waals surface area contributed by atoms with Crippen molar-refractivity contribution in [2.75, 3.05) is 6.54 Å². The van der Waals surface area contributed by atoms with Crippen LogP contribution in [0.3, 0.4) is 0 Å². The third-order valence-electron chi connectivity index (χ3n) is 4.77. The molecule has 7 nitrogen and oxygen atoms in total. The number of aryl methyl sites for hydroxylation is 2. The SMILES string of the molecule is CCNC(=NCc1nnc2n1CCC2)NCc1oc2ccccc2c1C. The molecule has 2 aromatic heterocycles. The van der Waals surface area contributed by atoms with Crippen LogP contribution in [0.15, 0.2) is 33.7 Å². The molecular weight excluding hydrogens is 328 g/mol. The number of hydrogen-bond acceptors (Lipinski definition) is 4. The number of rotatable bonds is 5. The minimum Gasteiger partial charge on any atom is -0.459 e. The van der Waals surface area contributed by atoms with Gasteiger partial charge in [0, 0.05) is 30.5 Å². The van der Waals surface area contributed by atoms with Crippen LogP contribution in [0.5, 0.6) is 0 Å². The summed E-state index contributed by atoms with van der Waals surface area (Å²) in [4.78, 5) is 4.66. The Morgan fingerprint density at radius 1 is 1.27 bits per heavy atom. The molecule has 4 rings (SSSR count). The lowest BCUT2D eigenvalue weighted by molar-refractivity contribution is 0.534. The van der Waals surface area contributed by atoms with Gasteiger partial charge in [-0.15, -0.1) is 10.2 Å². The van der Waals surface area contributed by atoms with Gasteiger partial charge >= 0.3 is 0 Å². The van der Waals surface area contributed by atoms with Gasteiger partial charge in [0.05, 0.1) is 6.54 Å². The van der Waals surface area contributed by atoms with Crippen molar-refractivity contribution in [2.45, 2.75) is 46.3 Å². The van der Waals surface area contributed by atoms with Crippen LogP contribution in [0, 0.1) is 6.92 Å². The number of aliphatic imine (C=N–C) groups is 1. The van der Waals surface area contributed by atoms with Gasteiger partial charge in [-0.1, -0.05) is 18.2 Å². The normalized spacial score (nSPS) is 14.0. The quantitative estimate of drug-likeness (QED) is 0.545. The van der Waals surface area contributed by atoms with E-state index in [9.17, 15) is 0 Å². The van der Waals surface area contributed by atoms with Gasteiger partial charge in [0.2, 0.25) is 0 Å². The molecule has 1 aromatic carbocycles. The topological polar surface area (TPSA) is 80.3 Å². The number of nitrogens with zero attached hydrogens (tertiary/aromatic N) is 4. The molecule has 0 radical (unpaired) electrons. The summed E-state index contributed by atoms with van der Waals surface area (Å²) in [6.07, 6.45) is 2.16. The Kier molecular flexibility index (Phi) is 4.60. The maximum absolute atomic E-state index is 5.97. The lowest BCUT2D eigenvalue weighted by atomic mass is 10.1. The second-order valence-corrected chi connectivity index (χ2v) is 6.48. The largest absolute Gasteiger partial charge is 0.459 e. The molecule has 0 aliphatic carbocycles. The fourth-order valence-corrected chi connectivity index (χ4v) is 3.38. The minimum absolute atomic E-state index is 0.515. The number of aromatic nitrogens is 3. The molecule has 0 atom stereocenters. The van der Waals surface area contributed by atoms with Gasteiger partial charge in [-0.2, -0.15) is 0 Å². The first-order valence-corrected chi connectivity index (χ1v) is 9.16. The molecule has 0 saturated carbocycles. The first-order chi connectivity index (χ1) is 12.8. The molecule has 0 bridgehead atoms. The van der Waals surface area contributed by atoms with E-state index in [-0.39, 0.29) is 0 Å². The number of hydrogen-bond donors (Lipinski definition) is 2. The Hall–Kier alpha value is -2.83. The molecule has 1 aliphatic rings. The van der Waals surface area contributed by atoms with E-state index in [4.69, 9.17) is 4.42 Å². The van der Waals surface area contributed by atoms with E-state index in [2.05, 4.69) is 50.3 Å². The van der Waals surface area contributed by atoms with Gasteiger partial charge in [0.15, 0.2) is 11.8 Å². The number of guanidine groups is 1. The van der Waals surface area contributed by atoms with Crippen LogP contribution in [0.25, 0.3) is 11.0 Å². The van der Waals surface area contributed by atoms with Crippen LogP contribution in [0.2, 0.25) is 0 Å². The summed E-state index contributed by atoms with van der Waals surface area (Å²) in [5, 5.41) is 16.3. The average Bonchev–Trinajstić information content (AvgIpc) is 3.34. The third kappa shape index (κ3) is 3.16. The van der Waals surface area contributed by atoms with Crippen molar-refractivity contribution in [2.24, 2.45) is 4.99 Å². The predicted molar refractivity (Wildman–Crippen MR) is 101 cm³/mol. The zero-order valence-corrected chi connectivity index (χ0v) is 15.2. The van der Waals surface area contributed by atoms with Crippen molar-refractivity contribution in [1.82, 2.24) is 25.4 Å². The molecule has 7 heteroatoms. The molecule has 0 amide bonds. The van der Waals surface area contributed by atoms with E-state index in [0.717, 1.165) is 60.3 Å². The van der Waals surface area contributed by atoms with Gasteiger partial charge in [0.25, 0.3) is 0 Å². The number of benzene rings is 1. The van der Waals surface area contributed by atoms with Crippen LogP contribution in [0.4, 0.5) is 0 Å². The molecule has 3 heterocycles. The van der Waals surface area contributed by atoms with Gasteiger partial charge in [-0.05, 0) is 26.3 Å². The highest BCUT2D eigenvalue weighted by molar-refractivity contribution is 5.82. The van der Waals surface area contributed by atoms with Crippen molar-refractivity contribution >= 4 is 16.9 Å². The van der Waals surface area contributed by atoms with Gasteiger partial charge in [-0.25, -0.2) is 4.99 Å². The van der Waals surface area contributed by atoms with E-state index < -0.39 is 0 Å². The molecule has 0 fully saturated rings. The summed E-state index contributed by atoms with van der Waals surface area (Å²) in [6.45, 7) is 7.04. The summed E-state index contributed by atoms with van der Waals surface area (Å²) in [5.74, 6) is 3.68. The van der Waals surface area contributed by atoms with Crippen LogP contribution in [0.1, 0.15) is 36.3 Å². The molecule has 136 valence electrons. The third-order valence-corrected chi connectivity index (χ3v) is 4.77. The molecule has 0 spiro atoms. The molecule has 2 N–H and O–H groups in total. The summed E-state index contributed by atoms with van der Waals surface area (Å²) in [7, 11) is 0. The first kappa shape index (κ1) is 16.6. The van der Waals surface area contributed by atoms with E-state index >= 15 is 0 Å². The lowest BCUT2D eigenvalue weighted by Gasteiger charge is -2.10. The van der Waals surface area contributed by atoms with Crippen molar-refractivity contribution in [1.29, 1.82) is 0 Å². The average molecular weight is 352 g/mol. The maximum Gasteiger partial charge on any atom is 0.192 e. The highest BCUT2D eigenvalue weighted by Crippen LogP contribution is 2.24. The number of fused-ring (bicyclic) bond motifs is 2. The van der Waals surface area contributed by atoms with Crippen LogP contribution in [-0.4, -0.2) is 27.3 Å². The molecule has 0 unspecified atom stereocenters. The molecule has 0 saturated heterocycles. The van der Waals surface area contributed by atoms with E-state index in [1.807, 2.05) is 18.2 Å². The monoisotopic (exact) mass is 352 g/mol. The highest BCUT2D eigenvalue weighted by atomic mass is 16.3. The Bertz CT molecular complexity index is 939. The van der Waals surface area contributed by atoms with Crippen molar-refractivity contribution in [3.8, 4) is 0 Å². The van der Waals surface area contributed by atoms with Gasteiger partial charge in [-0.3, -0.25) is 0 Å². The predicted octanol–water partition coefficient (Wildman–Crippen LogP) is 2.53. The standard InChI is InChI=1S/C19H24N6O/c1-3-20-19(22-12-18-24-23-17-9-6-10-25(17)18)21-11-16-13(2)14-7-4-5-8-15(14)26-16/h4-5,7-8H,3,6,9-12H2,1-2H3,(H2,20,21,22). The molecule has 3 aromatic rings. The number of para-hydroxylation sites is 1. The van der Waals surface area contributed by atoms with Crippen LogP contribution >= 0.6 is 0 Å². The van der Waals surface area contributed by atoms with Crippen molar-refractivity contribution in [3.05, 3.63) is 47.2 Å². The Morgan fingerprint density at radius 2 is 2.15 bits per heavy atom. The highest BCUT2D eigenvalue weighted by Gasteiger charge is 2.17. The van der Waals surface area contributed by atoms with E-state index in [1.54, 1.807) is 0 Å². The summed E-state index contributed by atoms with van der Waals surface area (Å²) < 4.78 is 8.14. The lowest BCUT2D eigenvalue weighted by Crippen LogP contribution is -2.36. The van der Waals surface area contributed by atoms with E-state index in [1.165, 1.54) is 5.56 Å².